The van der Waals surface area contributed by atoms with E-state index in [9.17, 15) is 22.4 Å². The highest BCUT2D eigenvalue weighted by molar-refractivity contribution is 7.89. The second kappa shape index (κ2) is 8.60. The molecule has 0 saturated carbocycles. The molecule has 2 heterocycles. The van der Waals surface area contributed by atoms with Gasteiger partial charge in [0.15, 0.2) is 5.78 Å². The molecule has 1 fully saturated rings. The van der Waals surface area contributed by atoms with Crippen molar-refractivity contribution in [2.45, 2.75) is 25.7 Å². The molecule has 8 nitrogen and oxygen atoms in total. The molecule has 0 radical (unpaired) electrons. The molecule has 3 aromatic rings. The van der Waals surface area contributed by atoms with Crippen molar-refractivity contribution in [2.75, 3.05) is 26.2 Å². The number of halogens is 1. The molecule has 2 aromatic carbocycles. The molecule has 0 bridgehead atoms. The second-order valence-corrected chi connectivity index (χ2v) is 9.93. The van der Waals surface area contributed by atoms with Crippen LogP contribution >= 0.6 is 0 Å². The largest absolute Gasteiger partial charge is 0.336 e. The fourth-order valence-electron chi connectivity index (χ4n) is 3.77. The third-order valence-electron chi connectivity index (χ3n) is 5.80. The lowest BCUT2D eigenvalue weighted by atomic mass is 10.1. The molecule has 1 amide bonds. The zero-order valence-corrected chi connectivity index (χ0v) is 19.3. The topological polar surface area (TPSA) is 101 Å². The van der Waals surface area contributed by atoms with E-state index < -0.39 is 21.7 Å². The van der Waals surface area contributed by atoms with Crippen LogP contribution in [0.25, 0.3) is 11.0 Å². The Hall–Kier alpha value is -3.24. The highest BCUT2D eigenvalue weighted by atomic mass is 32.2. The van der Waals surface area contributed by atoms with Crippen LogP contribution in [0, 0.1) is 19.7 Å². The van der Waals surface area contributed by atoms with Gasteiger partial charge >= 0.3 is 0 Å². The summed E-state index contributed by atoms with van der Waals surface area (Å²) in [5.41, 5.74) is 2.47. The minimum absolute atomic E-state index is 0.0875. The van der Waals surface area contributed by atoms with Gasteiger partial charge in [0, 0.05) is 37.8 Å². The Morgan fingerprint density at radius 3 is 2.15 bits per heavy atom. The van der Waals surface area contributed by atoms with E-state index in [1.807, 2.05) is 0 Å². The minimum atomic E-state index is -3.77. The number of carbonyl (C=O) groups is 2. The van der Waals surface area contributed by atoms with E-state index in [4.69, 9.17) is 0 Å². The summed E-state index contributed by atoms with van der Waals surface area (Å²) < 4.78 is 41.4. The molecule has 1 aliphatic rings. The standard InChI is InChI=1S/C23H23FN4O4S/c1-14-15(2)26-22-20(12-18(24)13-21(22)25-14)23(30)27-8-10-28(11-9-27)33(31,32)19-6-4-17(5-7-19)16(3)29/h4-7,12-13H,8-11H2,1-3H3. The van der Waals surface area contributed by atoms with Gasteiger partial charge in [-0.2, -0.15) is 4.31 Å². The number of piperazine rings is 1. The first-order chi connectivity index (χ1) is 15.6. The van der Waals surface area contributed by atoms with Gasteiger partial charge in [0.05, 0.1) is 27.4 Å². The summed E-state index contributed by atoms with van der Waals surface area (Å²) in [6.07, 6.45) is 0. The number of aromatic nitrogens is 2. The molecule has 0 unspecified atom stereocenters. The highest BCUT2D eigenvalue weighted by Crippen LogP contribution is 2.23. The molecule has 0 spiro atoms. The summed E-state index contributed by atoms with van der Waals surface area (Å²) >= 11 is 0. The monoisotopic (exact) mass is 470 g/mol. The number of benzene rings is 2. The van der Waals surface area contributed by atoms with Gasteiger partial charge in [-0.05, 0) is 39.0 Å². The van der Waals surface area contributed by atoms with Crippen LogP contribution in [0.3, 0.4) is 0 Å². The number of nitrogens with zero attached hydrogens (tertiary/aromatic N) is 4. The lowest BCUT2D eigenvalue weighted by molar-refractivity contribution is 0.0699. The first-order valence-electron chi connectivity index (χ1n) is 10.4. The molecule has 1 aliphatic heterocycles. The Bertz CT molecular complexity index is 1370. The zero-order valence-electron chi connectivity index (χ0n) is 18.5. The van der Waals surface area contributed by atoms with Crippen LogP contribution in [0.15, 0.2) is 41.3 Å². The molecule has 0 aliphatic carbocycles. The van der Waals surface area contributed by atoms with Gasteiger partial charge in [0.25, 0.3) is 5.91 Å². The van der Waals surface area contributed by atoms with Crippen LogP contribution in [-0.2, 0) is 10.0 Å². The molecule has 1 aromatic heterocycles. The summed E-state index contributed by atoms with van der Waals surface area (Å²) in [6.45, 7) is 5.45. The van der Waals surface area contributed by atoms with Crippen LogP contribution in [0.1, 0.15) is 39.0 Å². The van der Waals surface area contributed by atoms with Gasteiger partial charge in [-0.25, -0.2) is 22.8 Å². The first kappa shape index (κ1) is 22.9. The predicted octanol–water partition coefficient (Wildman–Crippen LogP) is 2.74. The van der Waals surface area contributed by atoms with E-state index in [1.165, 1.54) is 46.5 Å². The maximum atomic E-state index is 14.2. The van der Waals surface area contributed by atoms with Crippen molar-refractivity contribution in [1.82, 2.24) is 19.2 Å². The van der Waals surface area contributed by atoms with Gasteiger partial charge in [-0.1, -0.05) is 12.1 Å². The van der Waals surface area contributed by atoms with Crippen molar-refractivity contribution in [1.29, 1.82) is 0 Å². The smallest absolute Gasteiger partial charge is 0.256 e. The first-order valence-corrected chi connectivity index (χ1v) is 11.9. The highest BCUT2D eigenvalue weighted by Gasteiger charge is 2.31. The zero-order chi connectivity index (χ0) is 23.9. The van der Waals surface area contributed by atoms with Crippen LogP contribution in [-0.4, -0.2) is 65.5 Å². The maximum Gasteiger partial charge on any atom is 0.256 e. The summed E-state index contributed by atoms with van der Waals surface area (Å²) in [7, 11) is -3.77. The van der Waals surface area contributed by atoms with Crippen molar-refractivity contribution >= 4 is 32.7 Å². The molecule has 1 saturated heterocycles. The molecule has 0 N–H and O–H groups in total. The van der Waals surface area contributed by atoms with Crippen molar-refractivity contribution < 1.29 is 22.4 Å². The van der Waals surface area contributed by atoms with E-state index >= 15 is 0 Å². The number of Topliss-reactive ketones (excluding diaryl/α,β-unsaturated/α-hetero) is 1. The van der Waals surface area contributed by atoms with Crippen molar-refractivity contribution in [3.8, 4) is 0 Å². The molecule has 33 heavy (non-hydrogen) atoms. The van der Waals surface area contributed by atoms with E-state index in [-0.39, 0.29) is 42.4 Å². The van der Waals surface area contributed by atoms with Crippen molar-refractivity contribution in [2.24, 2.45) is 0 Å². The number of hydrogen-bond donors (Lipinski definition) is 0. The van der Waals surface area contributed by atoms with E-state index in [0.29, 0.717) is 28.0 Å². The summed E-state index contributed by atoms with van der Waals surface area (Å²) in [5.74, 6) is -1.15. The van der Waals surface area contributed by atoms with Gasteiger partial charge in [-0.15, -0.1) is 0 Å². The van der Waals surface area contributed by atoms with Gasteiger partial charge < -0.3 is 4.90 Å². The number of aryl methyl sites for hydroxylation is 2. The summed E-state index contributed by atoms with van der Waals surface area (Å²) in [4.78, 5) is 35.0. The summed E-state index contributed by atoms with van der Waals surface area (Å²) in [5, 5.41) is 0. The number of fused-ring (bicyclic) bond motifs is 1. The van der Waals surface area contributed by atoms with Gasteiger partial charge in [0.1, 0.15) is 11.3 Å². The Kier molecular flexibility index (Phi) is 5.98. The molecular formula is C23H23FN4O4S. The van der Waals surface area contributed by atoms with E-state index in [1.54, 1.807) is 13.8 Å². The van der Waals surface area contributed by atoms with Crippen LogP contribution in [0.4, 0.5) is 4.39 Å². The third kappa shape index (κ3) is 4.36. The second-order valence-electron chi connectivity index (χ2n) is 7.99. The number of amides is 1. The molecular weight excluding hydrogens is 447 g/mol. The van der Waals surface area contributed by atoms with E-state index in [2.05, 4.69) is 9.97 Å². The van der Waals surface area contributed by atoms with Gasteiger partial charge in [0.2, 0.25) is 10.0 Å². The number of hydrogen-bond acceptors (Lipinski definition) is 6. The number of carbonyl (C=O) groups excluding carboxylic acids is 2. The average molecular weight is 471 g/mol. The number of sulfonamides is 1. The van der Waals surface area contributed by atoms with Crippen molar-refractivity contribution in [3.63, 3.8) is 0 Å². The third-order valence-corrected chi connectivity index (χ3v) is 7.71. The SMILES string of the molecule is CC(=O)c1ccc(S(=O)(=O)N2CCN(C(=O)c3cc(F)cc4nc(C)c(C)nc34)CC2)cc1. The Labute approximate surface area is 191 Å². The van der Waals surface area contributed by atoms with E-state index in [0.717, 1.165) is 6.07 Å². The molecule has 10 heteroatoms. The average Bonchev–Trinajstić information content (AvgIpc) is 2.79. The summed E-state index contributed by atoms with van der Waals surface area (Å²) in [6, 6.07) is 8.17. The maximum absolute atomic E-state index is 14.2. The van der Waals surface area contributed by atoms with Crippen LogP contribution in [0.5, 0.6) is 0 Å². The molecule has 4 rings (SSSR count). The lowest BCUT2D eigenvalue weighted by Crippen LogP contribution is -2.50. The quantitative estimate of drug-likeness (QED) is 0.544. The fourth-order valence-corrected chi connectivity index (χ4v) is 5.20. The van der Waals surface area contributed by atoms with Crippen LogP contribution < -0.4 is 0 Å². The van der Waals surface area contributed by atoms with Crippen molar-refractivity contribution in [3.05, 3.63) is 64.7 Å². The Morgan fingerprint density at radius 1 is 0.939 bits per heavy atom. The Morgan fingerprint density at radius 2 is 1.55 bits per heavy atom. The predicted molar refractivity (Wildman–Crippen MR) is 120 cm³/mol. The van der Waals surface area contributed by atoms with Crippen LogP contribution in [0.2, 0.25) is 0 Å². The lowest BCUT2D eigenvalue weighted by Gasteiger charge is -2.34. The minimum Gasteiger partial charge on any atom is -0.336 e. The number of ketones is 1. The fraction of sp³-hybridized carbons (Fsp3) is 0.304. The molecule has 0 atom stereocenters. The normalized spacial score (nSPS) is 15.1. The number of rotatable bonds is 4. The Balaban J connectivity index is 1.54. The molecule has 172 valence electrons. The van der Waals surface area contributed by atoms with Gasteiger partial charge in [-0.3, -0.25) is 9.59 Å².